The number of Topliss-reactive ketones (excluding diaryl/α,β-unsaturated/α-hetero) is 2. The first-order chi connectivity index (χ1) is 26.5. The minimum Gasteiger partial charge on any atom is -0.464 e. The highest BCUT2D eigenvalue weighted by Gasteiger charge is 2.70. The molecule has 7 rings (SSSR count). The van der Waals surface area contributed by atoms with Crippen LogP contribution in [0, 0.1) is 62.1 Å². The van der Waals surface area contributed by atoms with Gasteiger partial charge in [-0.2, -0.15) is 0 Å². The smallest absolute Gasteiger partial charge is 0.310 e. The highest BCUT2D eigenvalue weighted by molar-refractivity contribution is 6.03. The van der Waals surface area contributed by atoms with Crippen molar-refractivity contribution in [1.29, 1.82) is 0 Å². The number of ketones is 2. The third kappa shape index (κ3) is 6.17. The van der Waals surface area contributed by atoms with E-state index in [-0.39, 0.29) is 93.7 Å². The predicted molar refractivity (Wildman–Crippen MR) is 215 cm³/mol. The second kappa shape index (κ2) is 13.8. The molecule has 1 amide bonds. The van der Waals surface area contributed by atoms with Crippen molar-refractivity contribution in [2.45, 2.75) is 165 Å². The number of rotatable bonds is 10. The molecule has 1 heterocycles. The molecule has 0 aliphatic heterocycles. The maximum absolute atomic E-state index is 14.3. The molecule has 5 fully saturated rings. The number of aromatic nitrogens is 2. The molecule has 57 heavy (non-hydrogen) atoms. The van der Waals surface area contributed by atoms with E-state index in [0.29, 0.717) is 31.1 Å². The fourth-order valence-corrected chi connectivity index (χ4v) is 14.1. The van der Waals surface area contributed by atoms with Crippen LogP contribution in [-0.2, 0) is 28.7 Å². The Balaban J connectivity index is 1.14. The van der Waals surface area contributed by atoms with Crippen molar-refractivity contribution in [1.82, 2.24) is 15.3 Å². The van der Waals surface area contributed by atoms with Crippen LogP contribution in [-0.4, -0.2) is 57.6 Å². The van der Waals surface area contributed by atoms with Gasteiger partial charge in [0.15, 0.2) is 11.6 Å². The van der Waals surface area contributed by atoms with Crippen molar-refractivity contribution >= 4 is 29.9 Å². The number of hydrogen-bond donors (Lipinski definition) is 1. The second-order valence-electron chi connectivity index (χ2n) is 21.9. The number of esters is 1. The molecule has 10 nitrogen and oxygen atoms in total. The lowest BCUT2D eigenvalue weighted by Crippen LogP contribution is -2.67. The zero-order valence-corrected chi connectivity index (χ0v) is 36.4. The van der Waals surface area contributed by atoms with Gasteiger partial charge >= 0.3 is 5.97 Å². The molecule has 0 unspecified atom stereocenters. The van der Waals surface area contributed by atoms with E-state index in [2.05, 4.69) is 63.8 Å². The van der Waals surface area contributed by atoms with Gasteiger partial charge in [-0.25, -0.2) is 9.97 Å². The van der Waals surface area contributed by atoms with Gasteiger partial charge in [0, 0.05) is 36.1 Å². The molecular formula is C47H67N3O7. The molecule has 1 aromatic heterocycles. The lowest BCUT2D eigenvalue weighted by molar-refractivity contribution is -0.236. The summed E-state index contributed by atoms with van der Waals surface area (Å²) >= 11 is 0. The summed E-state index contributed by atoms with van der Waals surface area (Å²) < 4.78 is 11.7. The maximum atomic E-state index is 14.3. The summed E-state index contributed by atoms with van der Waals surface area (Å²) in [5, 5.41) is 3.48. The average Bonchev–Trinajstić information content (AvgIpc) is 3.43. The molecule has 0 aromatic carbocycles. The van der Waals surface area contributed by atoms with Crippen molar-refractivity contribution in [3.63, 3.8) is 0 Å². The lowest BCUT2D eigenvalue weighted by atomic mass is 9.33. The van der Waals surface area contributed by atoms with Gasteiger partial charge in [0.25, 0.3) is 6.47 Å². The Labute approximate surface area is 339 Å². The number of nitrogens with one attached hydrogen (secondary N) is 1. The third-order valence-electron chi connectivity index (χ3n) is 17.7. The third-order valence-corrected chi connectivity index (χ3v) is 17.7. The van der Waals surface area contributed by atoms with Gasteiger partial charge < -0.3 is 14.8 Å². The van der Waals surface area contributed by atoms with Gasteiger partial charge in [-0.15, -0.1) is 0 Å². The zero-order valence-electron chi connectivity index (χ0n) is 36.4. The van der Waals surface area contributed by atoms with Gasteiger partial charge in [0.05, 0.1) is 16.9 Å². The minimum atomic E-state index is -1.03. The van der Waals surface area contributed by atoms with Crippen molar-refractivity contribution in [2.24, 2.45) is 62.1 Å². The fraction of sp³-hybridized carbons (Fsp3) is 0.766. The van der Waals surface area contributed by atoms with E-state index in [1.54, 1.807) is 19.9 Å². The summed E-state index contributed by atoms with van der Waals surface area (Å²) in [6.07, 6.45) is 10.9. The van der Waals surface area contributed by atoms with Crippen molar-refractivity contribution in [3.8, 4) is 0 Å². The van der Waals surface area contributed by atoms with Crippen LogP contribution < -0.4 is 5.32 Å². The van der Waals surface area contributed by atoms with Crippen molar-refractivity contribution < 1.29 is 33.4 Å². The monoisotopic (exact) mass is 785 g/mol. The molecule has 0 bridgehead atoms. The van der Waals surface area contributed by atoms with Crippen LogP contribution in [0.2, 0.25) is 0 Å². The molecule has 312 valence electrons. The molecule has 10 heteroatoms. The molecule has 0 radical (unpaired) electrons. The summed E-state index contributed by atoms with van der Waals surface area (Å²) in [7, 11) is 0. The van der Waals surface area contributed by atoms with E-state index >= 15 is 0 Å². The maximum Gasteiger partial charge on any atom is 0.310 e. The van der Waals surface area contributed by atoms with Crippen LogP contribution in [0.4, 0.5) is 0 Å². The topological polar surface area (TPSA) is 142 Å². The Morgan fingerprint density at radius 1 is 0.877 bits per heavy atom. The Morgan fingerprint density at radius 2 is 1.56 bits per heavy atom. The first kappa shape index (κ1) is 41.7. The SMILES string of the molecule is CC(C)C1=C2[C@H]3CC[C@@H]4[C@@]5(C)CC[C@H](OC(=O)[C@H]6C[C@@H](OC=O)C6(C)C)C(C)(C)[C@@H]5CC[C@@]4(C)[C@]3(C)CC[C@@]2(NC(=O)C(C)(C)CC(=O)c2ncccn2)CC1=O. The summed E-state index contributed by atoms with van der Waals surface area (Å²) in [6, 6.07) is 1.66. The van der Waals surface area contributed by atoms with Crippen LogP contribution >= 0.6 is 0 Å². The van der Waals surface area contributed by atoms with Gasteiger partial charge in [-0.1, -0.05) is 76.2 Å². The van der Waals surface area contributed by atoms with Gasteiger partial charge in [-0.05, 0) is 115 Å². The van der Waals surface area contributed by atoms with Crippen molar-refractivity contribution in [2.75, 3.05) is 0 Å². The molecule has 10 atom stereocenters. The standard InChI is InChI=1S/C47H67N3O7/c1-27(2)36-30(52)25-47(50-40(55)41(3,4)24-31(53)38-48-21-12-22-49-38)20-19-45(10)28(37(36)47)13-14-33-44(9)17-16-34(43(7,8)32(44)15-18-46(33,45)11)57-39(54)29-23-35(56-26-51)42(29,5)6/h12,21-22,26-29,32-35H,13-20,23-25H2,1-11H3,(H,50,55)/t28-,29-,32+,33-,34+,35-,44+,45-,46-,47-/m1/s1. The van der Waals surface area contributed by atoms with E-state index in [1.807, 2.05) is 13.8 Å². The van der Waals surface area contributed by atoms with Crippen molar-refractivity contribution in [3.05, 3.63) is 35.4 Å². The Bertz CT molecular complexity index is 1870. The van der Waals surface area contributed by atoms with Gasteiger partial charge in [0.1, 0.15) is 12.2 Å². The van der Waals surface area contributed by atoms with Crippen LogP contribution in [0.15, 0.2) is 29.6 Å². The summed E-state index contributed by atoms with van der Waals surface area (Å²) in [6.45, 7) is 24.5. The summed E-state index contributed by atoms with van der Waals surface area (Å²) in [5.41, 5.74) is -0.416. The number of hydrogen-bond acceptors (Lipinski definition) is 9. The number of nitrogens with zero attached hydrogens (tertiary/aromatic N) is 2. The zero-order chi connectivity index (χ0) is 41.7. The molecule has 1 N–H and O–H groups in total. The molecule has 0 spiro atoms. The molecular weight excluding hydrogens is 719 g/mol. The second-order valence-corrected chi connectivity index (χ2v) is 21.9. The number of allylic oxidation sites excluding steroid dienone is 1. The summed E-state index contributed by atoms with van der Waals surface area (Å²) in [5.74, 6) is 0.323. The number of ether oxygens (including phenoxy) is 2. The summed E-state index contributed by atoms with van der Waals surface area (Å²) in [4.78, 5) is 74.6. The largest absolute Gasteiger partial charge is 0.464 e. The van der Waals surface area contributed by atoms with E-state index in [1.165, 1.54) is 18.0 Å². The van der Waals surface area contributed by atoms with Crippen LogP contribution in [0.5, 0.6) is 0 Å². The number of carbonyl (C=O) groups excluding carboxylic acids is 5. The Hall–Kier alpha value is -3.43. The van der Waals surface area contributed by atoms with E-state index in [0.717, 1.165) is 50.5 Å². The van der Waals surface area contributed by atoms with E-state index in [9.17, 15) is 24.0 Å². The molecule has 1 aromatic rings. The Morgan fingerprint density at radius 3 is 2.19 bits per heavy atom. The van der Waals surface area contributed by atoms with Gasteiger partial charge in [-0.3, -0.25) is 24.0 Å². The highest BCUT2D eigenvalue weighted by Crippen LogP contribution is 2.76. The number of amides is 1. The molecule has 5 saturated carbocycles. The predicted octanol–water partition coefficient (Wildman–Crippen LogP) is 8.42. The van der Waals surface area contributed by atoms with E-state index < -0.39 is 16.4 Å². The lowest BCUT2D eigenvalue weighted by Gasteiger charge is -2.72. The quantitative estimate of drug-likeness (QED) is 0.141. The Kier molecular flexibility index (Phi) is 10.1. The highest BCUT2D eigenvalue weighted by atomic mass is 16.6. The molecule has 6 aliphatic carbocycles. The first-order valence-corrected chi connectivity index (χ1v) is 21.7. The van der Waals surface area contributed by atoms with Crippen LogP contribution in [0.3, 0.4) is 0 Å². The molecule has 6 aliphatic rings. The molecule has 0 saturated heterocycles. The number of fused-ring (bicyclic) bond motifs is 7. The minimum absolute atomic E-state index is 0.00256. The van der Waals surface area contributed by atoms with Crippen LogP contribution in [0.25, 0.3) is 0 Å². The van der Waals surface area contributed by atoms with Crippen LogP contribution in [0.1, 0.15) is 157 Å². The normalized spacial score (nSPS) is 39.1. The fourth-order valence-electron chi connectivity index (χ4n) is 14.1. The average molecular weight is 786 g/mol. The first-order valence-electron chi connectivity index (χ1n) is 21.7. The number of carbonyl (C=O) groups is 5. The van der Waals surface area contributed by atoms with E-state index in [4.69, 9.17) is 9.47 Å². The van der Waals surface area contributed by atoms with Gasteiger partial charge in [0.2, 0.25) is 11.7 Å².